The Morgan fingerprint density at radius 2 is 1.84 bits per heavy atom. The summed E-state index contributed by atoms with van der Waals surface area (Å²) in [6.07, 6.45) is 5.94. The number of benzene rings is 2. The predicted octanol–water partition coefficient (Wildman–Crippen LogP) is 5.92. The van der Waals surface area contributed by atoms with Gasteiger partial charge in [-0.1, -0.05) is 61.2 Å². The van der Waals surface area contributed by atoms with Gasteiger partial charge in [0.2, 0.25) is 0 Å². The molecule has 0 bridgehead atoms. The highest BCUT2D eigenvalue weighted by Crippen LogP contribution is 2.26. The maximum Gasteiger partial charge on any atom is 0.253 e. The predicted molar refractivity (Wildman–Crippen MR) is 137 cm³/mol. The second-order valence-corrected chi connectivity index (χ2v) is 9.56. The molecule has 1 aliphatic carbocycles. The molecule has 1 fully saturated rings. The third-order valence-electron chi connectivity index (χ3n) is 6.63. The molecule has 1 saturated carbocycles. The van der Waals surface area contributed by atoms with Crippen LogP contribution in [0.4, 0.5) is 0 Å². The Morgan fingerprint density at radius 3 is 2.56 bits per heavy atom. The van der Waals surface area contributed by atoms with Crippen molar-refractivity contribution >= 4 is 28.2 Å². The van der Waals surface area contributed by atoms with Crippen molar-refractivity contribution in [3.63, 3.8) is 0 Å². The first-order chi connectivity index (χ1) is 15.4. The zero-order valence-electron chi connectivity index (χ0n) is 19.3. The van der Waals surface area contributed by atoms with Crippen molar-refractivity contribution in [3.8, 4) is 0 Å². The van der Waals surface area contributed by atoms with Crippen LogP contribution in [0.1, 0.15) is 67.3 Å². The zero-order chi connectivity index (χ0) is 22.7. The first kappa shape index (κ1) is 22.5. The lowest BCUT2D eigenvalue weighted by atomic mass is 9.94. The number of fused-ring (bicyclic) bond motifs is 1. The number of hydrogen-bond acceptors (Lipinski definition) is 2. The fourth-order valence-electron chi connectivity index (χ4n) is 4.89. The molecule has 2 N–H and O–H groups in total. The minimum atomic E-state index is -0.0239. The Bertz CT molecular complexity index is 1150. The molecule has 1 unspecified atom stereocenters. The molecule has 1 aromatic heterocycles. The number of nitrogens with zero attached hydrogens (tertiary/aromatic N) is 1. The van der Waals surface area contributed by atoms with Crippen LogP contribution in [0.2, 0.25) is 0 Å². The maximum atomic E-state index is 13.0. The number of hydrogen-bond donors (Lipinski definition) is 2. The van der Waals surface area contributed by atoms with Crippen LogP contribution >= 0.6 is 12.2 Å². The van der Waals surface area contributed by atoms with E-state index in [0.717, 1.165) is 40.0 Å². The molecule has 0 radical (unpaired) electrons. The van der Waals surface area contributed by atoms with E-state index in [1.54, 1.807) is 0 Å². The van der Waals surface area contributed by atoms with Crippen LogP contribution in [0.15, 0.2) is 53.3 Å². The van der Waals surface area contributed by atoms with Crippen molar-refractivity contribution in [2.24, 2.45) is 0 Å². The summed E-state index contributed by atoms with van der Waals surface area (Å²) < 4.78 is 0. The normalized spacial score (nSPS) is 15.5. The minimum absolute atomic E-state index is 0.0239. The molecule has 4 nitrogen and oxygen atoms in total. The van der Waals surface area contributed by atoms with E-state index in [0.29, 0.717) is 12.6 Å². The van der Waals surface area contributed by atoms with E-state index < -0.39 is 0 Å². The summed E-state index contributed by atoms with van der Waals surface area (Å²) in [6.45, 7) is 6.80. The number of H-pyrrole nitrogens is 1. The van der Waals surface area contributed by atoms with Gasteiger partial charge in [-0.3, -0.25) is 4.79 Å². The van der Waals surface area contributed by atoms with E-state index in [1.807, 2.05) is 31.2 Å². The number of aromatic nitrogens is 1. The first-order valence-corrected chi connectivity index (χ1v) is 12.1. The van der Waals surface area contributed by atoms with E-state index in [2.05, 4.69) is 53.3 Å². The number of aromatic amines is 1. The molecule has 5 heteroatoms. The van der Waals surface area contributed by atoms with Gasteiger partial charge in [-0.25, -0.2) is 0 Å². The molecule has 0 spiro atoms. The highest BCUT2D eigenvalue weighted by molar-refractivity contribution is 7.80. The lowest BCUT2D eigenvalue weighted by Gasteiger charge is -2.37. The Morgan fingerprint density at radius 1 is 1.12 bits per heavy atom. The number of nitrogens with one attached hydrogen (secondary N) is 2. The molecule has 3 aromatic rings. The molecular weight excluding hydrogens is 414 g/mol. The Hall–Kier alpha value is -2.66. The average molecular weight is 448 g/mol. The zero-order valence-corrected chi connectivity index (χ0v) is 20.1. The van der Waals surface area contributed by atoms with E-state index in [9.17, 15) is 4.79 Å². The second kappa shape index (κ2) is 9.86. The van der Waals surface area contributed by atoms with Crippen molar-refractivity contribution in [1.82, 2.24) is 15.2 Å². The highest BCUT2D eigenvalue weighted by Gasteiger charge is 2.25. The molecule has 0 amide bonds. The van der Waals surface area contributed by atoms with Crippen LogP contribution in [0.5, 0.6) is 0 Å². The molecule has 2 aromatic carbocycles. The number of aryl methyl sites for hydroxylation is 2. The molecular formula is C27H33N3OS. The van der Waals surface area contributed by atoms with Crippen LogP contribution in [-0.2, 0) is 6.54 Å². The molecule has 0 saturated heterocycles. The van der Waals surface area contributed by atoms with Crippen molar-refractivity contribution in [3.05, 3.63) is 81.1 Å². The van der Waals surface area contributed by atoms with Crippen molar-refractivity contribution in [2.45, 2.75) is 71.5 Å². The summed E-state index contributed by atoms with van der Waals surface area (Å²) in [5.41, 5.74) is 5.17. The van der Waals surface area contributed by atoms with Crippen LogP contribution in [0.3, 0.4) is 0 Å². The monoisotopic (exact) mass is 447 g/mol. The van der Waals surface area contributed by atoms with Gasteiger partial charge in [-0.05, 0) is 74.5 Å². The minimum Gasteiger partial charge on any atom is -0.356 e. The maximum absolute atomic E-state index is 13.0. The summed E-state index contributed by atoms with van der Waals surface area (Å²) in [6, 6.07) is 17.1. The molecule has 168 valence electrons. The third-order valence-corrected chi connectivity index (χ3v) is 6.98. The van der Waals surface area contributed by atoms with Gasteiger partial charge >= 0.3 is 0 Å². The highest BCUT2D eigenvalue weighted by atomic mass is 32.1. The van der Waals surface area contributed by atoms with Gasteiger partial charge < -0.3 is 15.2 Å². The van der Waals surface area contributed by atoms with Crippen molar-refractivity contribution < 1.29 is 0 Å². The van der Waals surface area contributed by atoms with Crippen molar-refractivity contribution in [2.75, 3.05) is 0 Å². The molecule has 1 atom stereocenters. The molecule has 1 aliphatic rings. The van der Waals surface area contributed by atoms with Gasteiger partial charge in [-0.15, -0.1) is 0 Å². The summed E-state index contributed by atoms with van der Waals surface area (Å²) >= 11 is 5.91. The topological polar surface area (TPSA) is 48.1 Å². The Kier molecular flexibility index (Phi) is 6.95. The summed E-state index contributed by atoms with van der Waals surface area (Å²) in [5, 5.41) is 5.34. The quantitative estimate of drug-likeness (QED) is 0.477. The molecule has 1 heterocycles. The van der Waals surface area contributed by atoms with Gasteiger partial charge in [0.1, 0.15) is 0 Å². The number of thiocarbonyl (C=S) groups is 1. The Balaban J connectivity index is 1.63. The van der Waals surface area contributed by atoms with Crippen LogP contribution in [-0.4, -0.2) is 21.0 Å². The van der Waals surface area contributed by atoms with Crippen LogP contribution < -0.4 is 10.9 Å². The van der Waals surface area contributed by atoms with E-state index in [1.165, 1.54) is 30.4 Å². The van der Waals surface area contributed by atoms with E-state index in [4.69, 9.17) is 12.2 Å². The van der Waals surface area contributed by atoms with Crippen molar-refractivity contribution in [1.29, 1.82) is 0 Å². The molecule has 4 rings (SSSR count). The fourth-order valence-corrected chi connectivity index (χ4v) is 5.28. The Labute approximate surface area is 196 Å². The largest absolute Gasteiger partial charge is 0.356 e. The third kappa shape index (κ3) is 5.04. The number of pyridine rings is 1. The second-order valence-electron chi connectivity index (χ2n) is 9.17. The molecule has 0 aliphatic heterocycles. The van der Waals surface area contributed by atoms with E-state index >= 15 is 0 Å². The average Bonchev–Trinajstić information content (AvgIpc) is 2.79. The van der Waals surface area contributed by atoms with Crippen LogP contribution in [0, 0.1) is 13.8 Å². The smallest absolute Gasteiger partial charge is 0.253 e. The summed E-state index contributed by atoms with van der Waals surface area (Å²) in [5.74, 6) is 0. The van der Waals surface area contributed by atoms with Gasteiger partial charge in [0.25, 0.3) is 5.56 Å². The number of rotatable bonds is 5. The standard InChI is InChI=1S/C27H33N3OS/c1-18-14-19(2)25-22(15-18)16-23(26(31)29-25)17-30(24-12-8-5-9-13-24)27(32)28-20(3)21-10-6-4-7-11-21/h4,6-7,10-11,14-16,20,24H,5,8-9,12-13,17H2,1-3H3,(H,28,32)(H,29,31). The van der Waals surface area contributed by atoms with Gasteiger partial charge in [0.15, 0.2) is 5.11 Å². The van der Waals surface area contributed by atoms with E-state index in [-0.39, 0.29) is 11.6 Å². The molecule has 32 heavy (non-hydrogen) atoms. The summed E-state index contributed by atoms with van der Waals surface area (Å²) in [4.78, 5) is 18.4. The van der Waals surface area contributed by atoms with Gasteiger partial charge in [0, 0.05) is 11.6 Å². The lowest BCUT2D eigenvalue weighted by Crippen LogP contribution is -2.47. The lowest BCUT2D eigenvalue weighted by molar-refractivity contribution is 0.233. The SMILES string of the molecule is Cc1cc(C)c2[nH]c(=O)c(CN(C(=S)NC(C)c3ccccc3)C3CCCCC3)cc2c1. The van der Waals surface area contributed by atoms with Crippen LogP contribution in [0.25, 0.3) is 10.9 Å². The van der Waals surface area contributed by atoms with Gasteiger partial charge in [-0.2, -0.15) is 0 Å². The van der Waals surface area contributed by atoms with Gasteiger partial charge in [0.05, 0.1) is 18.1 Å². The fraction of sp³-hybridized carbons (Fsp3) is 0.407. The first-order valence-electron chi connectivity index (χ1n) is 11.7. The summed E-state index contributed by atoms with van der Waals surface area (Å²) in [7, 11) is 0.